The number of hydrogen-bond donors (Lipinski definition) is 0. The van der Waals surface area contributed by atoms with E-state index in [1.807, 2.05) is 19.2 Å². The number of aryl methyl sites for hydroxylation is 1. The van der Waals surface area contributed by atoms with Crippen molar-refractivity contribution in [2.75, 3.05) is 24.5 Å². The van der Waals surface area contributed by atoms with Crippen LogP contribution in [0, 0.1) is 5.82 Å². The van der Waals surface area contributed by atoms with Crippen LogP contribution in [0.25, 0.3) is 0 Å². The molecule has 1 atom stereocenters. The van der Waals surface area contributed by atoms with Gasteiger partial charge in [-0.1, -0.05) is 12.1 Å². The molecule has 3 rings (SSSR count). The molecule has 1 aliphatic heterocycles. The molecule has 0 aliphatic carbocycles. The molecule has 1 unspecified atom stereocenters. The Hall–Kier alpha value is -1.95. The molecular weight excluding hydrogens is 269 g/mol. The zero-order chi connectivity index (χ0) is 14.8. The van der Waals surface area contributed by atoms with E-state index < -0.39 is 0 Å². The Labute approximate surface area is 124 Å². The largest absolute Gasteiger partial charge is 0.366 e. The highest BCUT2D eigenvalue weighted by Crippen LogP contribution is 2.22. The molecule has 1 aliphatic rings. The molecule has 0 bridgehead atoms. The van der Waals surface area contributed by atoms with Gasteiger partial charge in [-0.3, -0.25) is 9.58 Å². The van der Waals surface area contributed by atoms with Crippen molar-refractivity contribution in [2.24, 2.45) is 7.05 Å². The van der Waals surface area contributed by atoms with Crippen LogP contribution in [0.2, 0.25) is 0 Å². The van der Waals surface area contributed by atoms with Crippen molar-refractivity contribution in [2.45, 2.75) is 19.5 Å². The SMILES string of the molecule is CC1CN(c2ccccc2F)CCN1Cc1ncnn1C. The average molecular weight is 289 g/mol. The fourth-order valence-electron chi connectivity index (χ4n) is 2.80. The average Bonchev–Trinajstić information content (AvgIpc) is 2.87. The number of halogens is 1. The summed E-state index contributed by atoms with van der Waals surface area (Å²) in [4.78, 5) is 8.75. The number of para-hydroxylation sites is 1. The fraction of sp³-hybridized carbons (Fsp3) is 0.467. The summed E-state index contributed by atoms with van der Waals surface area (Å²) in [6, 6.07) is 7.32. The van der Waals surface area contributed by atoms with Crippen LogP contribution in [0.1, 0.15) is 12.7 Å². The van der Waals surface area contributed by atoms with Crippen molar-refractivity contribution in [3.8, 4) is 0 Å². The van der Waals surface area contributed by atoms with Gasteiger partial charge in [-0.25, -0.2) is 9.37 Å². The molecule has 1 fully saturated rings. The number of nitrogens with zero attached hydrogens (tertiary/aromatic N) is 5. The minimum absolute atomic E-state index is 0.147. The Morgan fingerprint density at radius 2 is 2.10 bits per heavy atom. The van der Waals surface area contributed by atoms with Crippen LogP contribution in [-0.4, -0.2) is 45.3 Å². The van der Waals surface area contributed by atoms with Crippen LogP contribution >= 0.6 is 0 Å². The lowest BCUT2D eigenvalue weighted by atomic mass is 10.1. The first-order valence-corrected chi connectivity index (χ1v) is 7.21. The van der Waals surface area contributed by atoms with Gasteiger partial charge in [0.25, 0.3) is 0 Å². The van der Waals surface area contributed by atoms with E-state index in [9.17, 15) is 4.39 Å². The molecule has 0 spiro atoms. The van der Waals surface area contributed by atoms with Gasteiger partial charge in [0.05, 0.1) is 12.2 Å². The summed E-state index contributed by atoms with van der Waals surface area (Å²) in [7, 11) is 1.91. The topological polar surface area (TPSA) is 37.2 Å². The summed E-state index contributed by atoms with van der Waals surface area (Å²) in [5.41, 5.74) is 0.697. The molecule has 1 aromatic heterocycles. The van der Waals surface area contributed by atoms with Gasteiger partial charge in [-0.05, 0) is 19.1 Å². The summed E-state index contributed by atoms with van der Waals surface area (Å²) in [5.74, 6) is 0.813. The van der Waals surface area contributed by atoms with E-state index in [-0.39, 0.29) is 5.82 Å². The highest BCUT2D eigenvalue weighted by atomic mass is 19.1. The Bertz CT molecular complexity index is 612. The van der Waals surface area contributed by atoms with Gasteiger partial charge in [0.15, 0.2) is 0 Å². The first kappa shape index (κ1) is 14.0. The maximum Gasteiger partial charge on any atom is 0.146 e. The van der Waals surface area contributed by atoms with Crippen molar-refractivity contribution in [1.29, 1.82) is 0 Å². The molecule has 112 valence electrons. The van der Waals surface area contributed by atoms with Crippen LogP contribution in [0.5, 0.6) is 0 Å². The molecule has 5 nitrogen and oxygen atoms in total. The van der Waals surface area contributed by atoms with Crippen LogP contribution in [0.3, 0.4) is 0 Å². The van der Waals surface area contributed by atoms with Crippen LogP contribution in [0.15, 0.2) is 30.6 Å². The van der Waals surface area contributed by atoms with Gasteiger partial charge >= 0.3 is 0 Å². The molecule has 1 saturated heterocycles. The second kappa shape index (κ2) is 5.81. The zero-order valence-corrected chi connectivity index (χ0v) is 12.4. The lowest BCUT2D eigenvalue weighted by Crippen LogP contribution is -2.51. The minimum atomic E-state index is -0.147. The van der Waals surface area contributed by atoms with Gasteiger partial charge in [0.1, 0.15) is 18.0 Å². The van der Waals surface area contributed by atoms with E-state index in [0.717, 1.165) is 32.0 Å². The smallest absolute Gasteiger partial charge is 0.146 e. The van der Waals surface area contributed by atoms with Crippen molar-refractivity contribution < 1.29 is 4.39 Å². The Kier molecular flexibility index (Phi) is 3.88. The third-order valence-electron chi connectivity index (χ3n) is 4.11. The molecule has 1 aromatic carbocycles. The quantitative estimate of drug-likeness (QED) is 0.861. The van der Waals surface area contributed by atoms with Crippen molar-refractivity contribution in [3.63, 3.8) is 0 Å². The summed E-state index contributed by atoms with van der Waals surface area (Å²) in [6.07, 6.45) is 1.58. The molecule has 0 N–H and O–H groups in total. The highest BCUT2D eigenvalue weighted by Gasteiger charge is 2.26. The van der Waals surface area contributed by atoms with Crippen LogP contribution < -0.4 is 4.90 Å². The number of piperazine rings is 1. The highest BCUT2D eigenvalue weighted by molar-refractivity contribution is 5.48. The normalized spacial score (nSPS) is 20.0. The van der Waals surface area contributed by atoms with Crippen molar-refractivity contribution in [3.05, 3.63) is 42.2 Å². The summed E-state index contributed by atoms with van der Waals surface area (Å²) < 4.78 is 15.7. The van der Waals surface area contributed by atoms with Crippen LogP contribution in [0.4, 0.5) is 10.1 Å². The van der Waals surface area contributed by atoms with E-state index in [1.54, 1.807) is 17.1 Å². The van der Waals surface area contributed by atoms with Crippen molar-refractivity contribution in [1.82, 2.24) is 19.7 Å². The lowest BCUT2D eigenvalue weighted by molar-refractivity contribution is 0.174. The fourth-order valence-corrected chi connectivity index (χ4v) is 2.80. The van der Waals surface area contributed by atoms with Gasteiger partial charge in [0, 0.05) is 32.7 Å². The van der Waals surface area contributed by atoms with E-state index in [4.69, 9.17) is 0 Å². The molecule has 0 saturated carbocycles. The lowest BCUT2D eigenvalue weighted by Gasteiger charge is -2.40. The molecule has 6 heteroatoms. The van der Waals surface area contributed by atoms with Crippen molar-refractivity contribution >= 4 is 5.69 Å². The monoisotopic (exact) mass is 289 g/mol. The first-order valence-electron chi connectivity index (χ1n) is 7.21. The van der Waals surface area contributed by atoms with E-state index in [2.05, 4.69) is 26.8 Å². The standard InChI is InChI=1S/C15H20FN5/c1-12-9-21(14-6-4-3-5-13(14)16)8-7-20(12)10-15-17-11-18-19(15)2/h3-6,11-12H,7-10H2,1-2H3. The van der Waals surface area contributed by atoms with Gasteiger partial charge < -0.3 is 4.90 Å². The molecule has 2 aromatic rings. The first-order chi connectivity index (χ1) is 10.1. The molecule has 2 heterocycles. The van der Waals surface area contributed by atoms with E-state index >= 15 is 0 Å². The van der Waals surface area contributed by atoms with Gasteiger partial charge in [0.2, 0.25) is 0 Å². The molecule has 0 amide bonds. The van der Waals surface area contributed by atoms with E-state index in [1.165, 1.54) is 6.07 Å². The molecule has 0 radical (unpaired) electrons. The number of anilines is 1. The minimum Gasteiger partial charge on any atom is -0.366 e. The van der Waals surface area contributed by atoms with E-state index in [0.29, 0.717) is 11.7 Å². The number of aromatic nitrogens is 3. The maximum atomic E-state index is 13.9. The number of benzene rings is 1. The molecular formula is C15H20FN5. The zero-order valence-electron chi connectivity index (χ0n) is 12.4. The predicted molar refractivity (Wildman–Crippen MR) is 79.5 cm³/mol. The number of rotatable bonds is 3. The molecule has 21 heavy (non-hydrogen) atoms. The Morgan fingerprint density at radius 1 is 1.29 bits per heavy atom. The Morgan fingerprint density at radius 3 is 2.76 bits per heavy atom. The number of hydrogen-bond acceptors (Lipinski definition) is 4. The second-order valence-corrected chi connectivity index (χ2v) is 5.52. The third kappa shape index (κ3) is 2.90. The third-order valence-corrected chi connectivity index (χ3v) is 4.11. The summed E-state index contributed by atoms with van der Waals surface area (Å²) in [5, 5.41) is 4.10. The second-order valence-electron chi connectivity index (χ2n) is 5.52. The predicted octanol–water partition coefficient (Wildman–Crippen LogP) is 1.66. The van der Waals surface area contributed by atoms with Gasteiger partial charge in [-0.2, -0.15) is 5.10 Å². The van der Waals surface area contributed by atoms with Gasteiger partial charge in [-0.15, -0.1) is 0 Å². The Balaban J connectivity index is 1.67. The summed E-state index contributed by atoms with van der Waals surface area (Å²) in [6.45, 7) is 5.48. The maximum absolute atomic E-state index is 13.9. The van der Waals surface area contributed by atoms with Crippen LogP contribution in [-0.2, 0) is 13.6 Å². The summed E-state index contributed by atoms with van der Waals surface area (Å²) >= 11 is 0.